The van der Waals surface area contributed by atoms with E-state index in [9.17, 15) is 0 Å². The molecule has 0 aromatic carbocycles. The third-order valence-electron chi connectivity index (χ3n) is 6.73. The maximum Gasteiger partial charge on any atom is 0.0505 e. The van der Waals surface area contributed by atoms with Crippen LogP contribution < -0.4 is 31.9 Å². The zero-order chi connectivity index (χ0) is 21.3. The summed E-state index contributed by atoms with van der Waals surface area (Å²) < 4.78 is 0. The van der Waals surface area contributed by atoms with Gasteiger partial charge in [0.1, 0.15) is 0 Å². The topological polar surface area (TPSA) is 75.4 Å². The summed E-state index contributed by atoms with van der Waals surface area (Å²) in [5.41, 5.74) is 0.336. The molecule has 29 heavy (non-hydrogen) atoms. The van der Waals surface area contributed by atoms with Gasteiger partial charge >= 0.3 is 0 Å². The van der Waals surface area contributed by atoms with E-state index < -0.39 is 0 Å². The smallest absolute Gasteiger partial charge is 0.0505 e. The van der Waals surface area contributed by atoms with E-state index in [1.54, 1.807) is 0 Å². The minimum Gasteiger partial charge on any atom is -0.316 e. The van der Waals surface area contributed by atoms with Crippen molar-refractivity contribution in [3.8, 4) is 0 Å². The van der Waals surface area contributed by atoms with Crippen LogP contribution in [0.4, 0.5) is 0 Å². The van der Waals surface area contributed by atoms with E-state index in [-0.39, 0.29) is 10.8 Å². The van der Waals surface area contributed by atoms with Gasteiger partial charge in [-0.1, -0.05) is 34.6 Å². The highest BCUT2D eigenvalue weighted by molar-refractivity contribution is 4.96. The van der Waals surface area contributed by atoms with Crippen LogP contribution in [-0.2, 0) is 0 Å². The van der Waals surface area contributed by atoms with Crippen molar-refractivity contribution in [2.45, 2.75) is 47.6 Å². The number of rotatable bonds is 0. The number of nitrogens with zero attached hydrogens (tertiary/aromatic N) is 1. The average Bonchev–Trinajstić information content (AvgIpc) is 2.63. The van der Waals surface area contributed by atoms with Gasteiger partial charge in [-0.3, -0.25) is 4.90 Å². The lowest BCUT2D eigenvalue weighted by Crippen LogP contribution is -2.58. The average molecular weight is 412 g/mol. The van der Waals surface area contributed by atoms with Gasteiger partial charge in [0, 0.05) is 50.7 Å². The fourth-order valence-corrected chi connectivity index (χ4v) is 4.23. The third-order valence-corrected chi connectivity index (χ3v) is 6.73. The van der Waals surface area contributed by atoms with Crippen LogP contribution in [-0.4, -0.2) is 83.3 Å². The van der Waals surface area contributed by atoms with Crippen molar-refractivity contribution in [2.24, 2.45) is 22.7 Å². The predicted molar refractivity (Wildman–Crippen MR) is 124 cm³/mol. The fraction of sp³-hybridized carbons (Fsp3) is 1.00. The second-order valence-corrected chi connectivity index (χ2v) is 10.8. The molecule has 0 spiro atoms. The number of hydrogen-bond donors (Lipinski definition) is 6. The molecule has 0 aliphatic carbocycles. The third kappa shape index (κ3) is 8.40. The lowest BCUT2D eigenvalue weighted by Gasteiger charge is -2.46. The fourth-order valence-electron chi connectivity index (χ4n) is 4.23. The first kappa shape index (κ1) is 25.0. The van der Waals surface area contributed by atoms with Crippen LogP contribution in [0.1, 0.15) is 41.5 Å². The van der Waals surface area contributed by atoms with Gasteiger partial charge in [-0.05, 0) is 37.3 Å². The Balaban J connectivity index is 2.25. The van der Waals surface area contributed by atoms with Crippen LogP contribution in [0, 0.1) is 22.7 Å². The lowest BCUT2D eigenvalue weighted by atomic mass is 9.65. The molecule has 6 N–H and O–H groups in total. The van der Waals surface area contributed by atoms with Crippen molar-refractivity contribution in [1.82, 2.24) is 36.8 Å². The van der Waals surface area contributed by atoms with E-state index in [1.165, 1.54) is 0 Å². The number of nitrogens with one attached hydrogen (secondary N) is 6. The van der Waals surface area contributed by atoms with Crippen molar-refractivity contribution < 1.29 is 0 Å². The van der Waals surface area contributed by atoms with Gasteiger partial charge < -0.3 is 31.9 Å². The molecule has 3 unspecified atom stereocenters. The summed E-state index contributed by atoms with van der Waals surface area (Å²) in [6.07, 6.45) is 0. The van der Waals surface area contributed by atoms with E-state index in [2.05, 4.69) is 78.3 Å². The first-order valence-electron chi connectivity index (χ1n) is 11.7. The van der Waals surface area contributed by atoms with Crippen LogP contribution in [0.2, 0.25) is 0 Å². The standard InChI is InChI=1S/C22H49N7/c1-18-7-23-12-22(21(4,5)6)13-24-8-19(2)10-26-16-29(15-25-9-18)17-27-11-20(3)28-14-22/h18-20,23-28H,7-17H2,1-6H3. The molecule has 0 amide bonds. The van der Waals surface area contributed by atoms with E-state index in [4.69, 9.17) is 0 Å². The summed E-state index contributed by atoms with van der Waals surface area (Å²) in [4.78, 5) is 2.42. The van der Waals surface area contributed by atoms with Crippen LogP contribution in [0.5, 0.6) is 0 Å². The normalized spacial score (nSPS) is 37.9. The Bertz CT molecular complexity index is 429. The Kier molecular flexibility index (Phi) is 10.3. The largest absolute Gasteiger partial charge is 0.316 e. The maximum atomic E-state index is 3.86. The highest BCUT2D eigenvalue weighted by Gasteiger charge is 2.41. The maximum absolute atomic E-state index is 3.86. The highest BCUT2D eigenvalue weighted by atomic mass is 15.3. The Morgan fingerprint density at radius 3 is 1.59 bits per heavy atom. The minimum atomic E-state index is 0.147. The lowest BCUT2D eigenvalue weighted by molar-refractivity contribution is 0.0761. The summed E-state index contributed by atoms with van der Waals surface area (Å²) in [6.45, 7) is 25.1. The Labute approximate surface area is 179 Å². The van der Waals surface area contributed by atoms with Crippen LogP contribution in [0.15, 0.2) is 0 Å². The molecule has 7 heteroatoms. The molecule has 2 fully saturated rings. The van der Waals surface area contributed by atoms with Gasteiger partial charge in [0.25, 0.3) is 0 Å². The zero-order valence-corrected chi connectivity index (χ0v) is 20.0. The van der Waals surface area contributed by atoms with Crippen molar-refractivity contribution in [1.29, 1.82) is 0 Å². The molecule has 0 radical (unpaired) electrons. The molecule has 2 bridgehead atoms. The first-order chi connectivity index (χ1) is 13.7. The van der Waals surface area contributed by atoms with Gasteiger partial charge in [-0.2, -0.15) is 0 Å². The molecule has 7 nitrogen and oxygen atoms in total. The van der Waals surface area contributed by atoms with Crippen molar-refractivity contribution in [3.63, 3.8) is 0 Å². The van der Waals surface area contributed by atoms with Gasteiger partial charge in [-0.25, -0.2) is 0 Å². The van der Waals surface area contributed by atoms with Crippen LogP contribution in [0.3, 0.4) is 0 Å². The van der Waals surface area contributed by atoms with Crippen LogP contribution >= 0.6 is 0 Å². The molecule has 0 aromatic heterocycles. The molecule has 2 heterocycles. The summed E-state index contributed by atoms with van der Waals surface area (Å²) in [5.74, 6) is 1.21. The monoisotopic (exact) mass is 411 g/mol. The first-order valence-corrected chi connectivity index (χ1v) is 11.7. The summed E-state index contributed by atoms with van der Waals surface area (Å²) in [7, 11) is 0. The summed E-state index contributed by atoms with van der Waals surface area (Å²) in [5, 5.41) is 22.5. The van der Waals surface area contributed by atoms with Gasteiger partial charge in [-0.15, -0.1) is 0 Å². The summed E-state index contributed by atoms with van der Waals surface area (Å²) in [6, 6.07) is 0.438. The molecule has 2 aliphatic rings. The van der Waals surface area contributed by atoms with Crippen LogP contribution in [0.25, 0.3) is 0 Å². The zero-order valence-electron chi connectivity index (χ0n) is 20.0. The molecule has 172 valence electrons. The number of hydrogen-bond acceptors (Lipinski definition) is 7. The number of fused-ring (bicyclic) bond motifs is 7. The Hall–Kier alpha value is -0.280. The van der Waals surface area contributed by atoms with E-state index >= 15 is 0 Å². The summed E-state index contributed by atoms with van der Waals surface area (Å²) >= 11 is 0. The van der Waals surface area contributed by atoms with Gasteiger partial charge in [0.05, 0.1) is 20.0 Å². The SMILES string of the molecule is CC1CNCN2CNCC(C)CNCC(C(C)(C)C)(CNC1)CNC(C)CNC2. The second-order valence-electron chi connectivity index (χ2n) is 10.8. The minimum absolute atomic E-state index is 0.147. The van der Waals surface area contributed by atoms with Crippen molar-refractivity contribution >= 4 is 0 Å². The van der Waals surface area contributed by atoms with Crippen molar-refractivity contribution in [2.75, 3.05) is 72.4 Å². The second kappa shape index (κ2) is 11.9. The molecule has 0 aromatic rings. The molecule has 2 saturated heterocycles. The Morgan fingerprint density at radius 2 is 1.10 bits per heavy atom. The van der Waals surface area contributed by atoms with E-state index in [0.29, 0.717) is 17.9 Å². The molecular formula is C22H49N7. The quantitative estimate of drug-likeness (QED) is 0.345. The van der Waals surface area contributed by atoms with Gasteiger partial charge in [0.2, 0.25) is 0 Å². The molecular weight excluding hydrogens is 362 g/mol. The molecule has 2 rings (SSSR count). The van der Waals surface area contributed by atoms with Gasteiger partial charge in [0.15, 0.2) is 0 Å². The highest BCUT2D eigenvalue weighted by Crippen LogP contribution is 2.37. The molecule has 3 atom stereocenters. The predicted octanol–water partition coefficient (Wildman–Crippen LogP) is 0.419. The van der Waals surface area contributed by atoms with Crippen molar-refractivity contribution in [3.05, 3.63) is 0 Å². The molecule has 2 aliphatic heterocycles. The molecule has 0 saturated carbocycles. The Morgan fingerprint density at radius 1 is 0.655 bits per heavy atom. The van der Waals surface area contributed by atoms with E-state index in [1.807, 2.05) is 0 Å². The van der Waals surface area contributed by atoms with E-state index in [0.717, 1.165) is 72.4 Å².